The van der Waals surface area contributed by atoms with Gasteiger partial charge in [-0.2, -0.15) is 0 Å². The molecule has 0 fully saturated rings. The zero-order chi connectivity index (χ0) is 33.5. The molecule has 0 saturated carbocycles. The highest BCUT2D eigenvalue weighted by molar-refractivity contribution is 5.81. The van der Waals surface area contributed by atoms with Gasteiger partial charge >= 0.3 is 11.9 Å². The Balaban J connectivity index is 0.000000440. The van der Waals surface area contributed by atoms with E-state index in [4.69, 9.17) is 10.2 Å². The average Bonchev–Trinajstić information content (AvgIpc) is 2.87. The van der Waals surface area contributed by atoms with Crippen molar-refractivity contribution >= 4 is 11.9 Å². The first kappa shape index (κ1) is 39.4. The number of carbonyl (C=O) groups is 2. The molecule has 4 nitrogen and oxygen atoms in total. The minimum absolute atomic E-state index is 0.260. The lowest BCUT2D eigenvalue weighted by molar-refractivity contribution is -0.138. The molecule has 2 atom stereocenters. The highest BCUT2D eigenvalue weighted by Crippen LogP contribution is 2.43. The van der Waals surface area contributed by atoms with Gasteiger partial charge in [-0.05, 0) is 113 Å². The minimum atomic E-state index is -0.912. The summed E-state index contributed by atoms with van der Waals surface area (Å²) in [5, 5.41) is 17.4. The highest BCUT2D eigenvalue weighted by atomic mass is 16.4. The molecule has 2 rings (SSSR count). The molecule has 44 heavy (non-hydrogen) atoms. The van der Waals surface area contributed by atoms with Crippen LogP contribution in [0, 0.1) is 22.7 Å². The molecule has 2 aliphatic rings. The Bertz CT molecular complexity index is 1140. The van der Waals surface area contributed by atoms with E-state index in [0.29, 0.717) is 17.8 Å². The Kier molecular flexibility index (Phi) is 17.0. The predicted molar refractivity (Wildman–Crippen MR) is 188 cm³/mol. The standard InChI is InChI=1S/C20H36O2.C20H28O2/c2*1-15(8-6-9-16(2)14-19(21)22)11-12-18-17(3)10-7-13-20(18,4)5/h15-16H,6-14H2,1-5H3,(H,21,22);6,8-9,11-12,14H,7,10,13H2,1-5H3,(H,21,22)/b;9-6+,12-11+,15-8+,16-14+. The maximum atomic E-state index is 10.7. The van der Waals surface area contributed by atoms with E-state index in [0.717, 1.165) is 29.9 Å². The maximum Gasteiger partial charge on any atom is 0.328 e. The van der Waals surface area contributed by atoms with Gasteiger partial charge in [0.1, 0.15) is 0 Å². The van der Waals surface area contributed by atoms with Crippen molar-refractivity contribution in [1.82, 2.24) is 0 Å². The van der Waals surface area contributed by atoms with Gasteiger partial charge in [0.25, 0.3) is 0 Å². The van der Waals surface area contributed by atoms with E-state index < -0.39 is 11.9 Å². The van der Waals surface area contributed by atoms with Crippen molar-refractivity contribution in [3.8, 4) is 0 Å². The molecule has 0 radical (unpaired) electrons. The number of rotatable bonds is 14. The number of carboxylic acid groups (broad SMARTS) is 2. The van der Waals surface area contributed by atoms with E-state index in [-0.39, 0.29) is 5.41 Å². The number of carboxylic acids is 2. The van der Waals surface area contributed by atoms with Crippen LogP contribution in [0.4, 0.5) is 0 Å². The summed E-state index contributed by atoms with van der Waals surface area (Å²) < 4.78 is 0. The summed E-state index contributed by atoms with van der Waals surface area (Å²) in [6, 6.07) is 0. The summed E-state index contributed by atoms with van der Waals surface area (Å²) in [7, 11) is 0. The Hall–Kier alpha value is -2.62. The highest BCUT2D eigenvalue weighted by Gasteiger charge is 2.28. The number of aliphatic carboxylic acids is 2. The molecule has 0 aromatic heterocycles. The SMILES string of the molecule is CC1=C(/C=C/C(C)=C/C=C/C(C)=C/C(=O)O)C(C)(C)CCC1.CC1=C(CCC(C)CCCC(C)CC(=O)O)C(C)(C)CCC1. The molecule has 248 valence electrons. The zero-order valence-electron chi connectivity index (χ0n) is 29.8. The van der Waals surface area contributed by atoms with Gasteiger partial charge in [-0.1, -0.05) is 113 Å². The molecule has 4 heteroatoms. The molecular weight excluding hydrogens is 544 g/mol. The van der Waals surface area contributed by atoms with E-state index in [2.05, 4.69) is 74.5 Å². The van der Waals surface area contributed by atoms with Crippen LogP contribution in [0.3, 0.4) is 0 Å². The number of hydrogen-bond donors (Lipinski definition) is 2. The molecule has 0 aromatic carbocycles. The third-order valence-electron chi connectivity index (χ3n) is 9.61. The molecule has 0 aliphatic heterocycles. The number of allylic oxidation sites excluding steroid dienone is 11. The lowest BCUT2D eigenvalue weighted by Gasteiger charge is -2.35. The second-order valence-electron chi connectivity index (χ2n) is 15.0. The average molecular weight is 609 g/mol. The molecule has 0 spiro atoms. The summed E-state index contributed by atoms with van der Waals surface area (Å²) >= 11 is 0. The fourth-order valence-electron chi connectivity index (χ4n) is 6.85. The maximum absolute atomic E-state index is 10.7. The van der Waals surface area contributed by atoms with Crippen molar-refractivity contribution in [3.05, 3.63) is 69.9 Å². The normalized spacial score (nSPS) is 20.5. The van der Waals surface area contributed by atoms with Gasteiger partial charge in [0.15, 0.2) is 0 Å². The van der Waals surface area contributed by atoms with Crippen LogP contribution in [-0.4, -0.2) is 22.2 Å². The van der Waals surface area contributed by atoms with Crippen molar-refractivity contribution in [2.75, 3.05) is 0 Å². The molecule has 0 saturated heterocycles. The van der Waals surface area contributed by atoms with E-state index in [1.807, 2.05) is 12.2 Å². The van der Waals surface area contributed by atoms with Gasteiger partial charge < -0.3 is 10.2 Å². The van der Waals surface area contributed by atoms with Crippen LogP contribution in [0.15, 0.2) is 69.9 Å². The van der Waals surface area contributed by atoms with Gasteiger partial charge in [-0.3, -0.25) is 4.79 Å². The molecule has 0 amide bonds. The molecule has 2 unspecified atom stereocenters. The number of hydrogen-bond acceptors (Lipinski definition) is 2. The Morgan fingerprint density at radius 2 is 1.41 bits per heavy atom. The molecule has 2 aliphatic carbocycles. The van der Waals surface area contributed by atoms with E-state index in [9.17, 15) is 9.59 Å². The molecule has 0 heterocycles. The van der Waals surface area contributed by atoms with Crippen LogP contribution in [0.25, 0.3) is 0 Å². The van der Waals surface area contributed by atoms with Crippen molar-refractivity contribution < 1.29 is 19.8 Å². The molecule has 2 N–H and O–H groups in total. The predicted octanol–water partition coefficient (Wildman–Crippen LogP) is 11.8. The summed E-state index contributed by atoms with van der Waals surface area (Å²) in [4.78, 5) is 21.2. The summed E-state index contributed by atoms with van der Waals surface area (Å²) in [5.74, 6) is -0.519. The van der Waals surface area contributed by atoms with Crippen molar-refractivity contribution in [3.63, 3.8) is 0 Å². The van der Waals surface area contributed by atoms with E-state index in [1.165, 1.54) is 75.0 Å². The molecule has 0 aromatic rings. The third kappa shape index (κ3) is 15.4. The summed E-state index contributed by atoms with van der Waals surface area (Å²) in [5.41, 5.74) is 8.85. The largest absolute Gasteiger partial charge is 0.481 e. The smallest absolute Gasteiger partial charge is 0.328 e. The van der Waals surface area contributed by atoms with Gasteiger partial charge in [-0.25, -0.2) is 4.79 Å². The molecular formula is C40H64O4. The second-order valence-corrected chi connectivity index (χ2v) is 15.0. The quantitative estimate of drug-likeness (QED) is 0.117. The molecule has 0 bridgehead atoms. The second kappa shape index (κ2) is 19.0. The zero-order valence-corrected chi connectivity index (χ0v) is 29.8. The fourth-order valence-corrected chi connectivity index (χ4v) is 6.85. The van der Waals surface area contributed by atoms with Crippen molar-refractivity contribution in [2.45, 2.75) is 146 Å². The third-order valence-corrected chi connectivity index (χ3v) is 9.61. The Labute approximate surface area is 270 Å². The van der Waals surface area contributed by atoms with E-state index in [1.54, 1.807) is 24.1 Å². The first-order valence-corrected chi connectivity index (χ1v) is 17.0. The first-order valence-electron chi connectivity index (χ1n) is 17.0. The summed E-state index contributed by atoms with van der Waals surface area (Å²) in [6.07, 6.45) is 25.3. The lowest BCUT2D eigenvalue weighted by Crippen LogP contribution is -2.20. The van der Waals surface area contributed by atoms with Gasteiger partial charge in [0.2, 0.25) is 0 Å². The van der Waals surface area contributed by atoms with Crippen molar-refractivity contribution in [2.24, 2.45) is 22.7 Å². The Morgan fingerprint density at radius 3 is 1.98 bits per heavy atom. The summed E-state index contributed by atoms with van der Waals surface area (Å²) in [6.45, 7) is 22.2. The van der Waals surface area contributed by atoms with Crippen LogP contribution in [-0.2, 0) is 9.59 Å². The van der Waals surface area contributed by atoms with Crippen LogP contribution < -0.4 is 0 Å². The van der Waals surface area contributed by atoms with Crippen LogP contribution in [0.1, 0.15) is 146 Å². The topological polar surface area (TPSA) is 74.6 Å². The van der Waals surface area contributed by atoms with Gasteiger partial charge in [0.05, 0.1) is 0 Å². The minimum Gasteiger partial charge on any atom is -0.481 e. The lowest BCUT2D eigenvalue weighted by atomic mass is 9.70. The van der Waals surface area contributed by atoms with Crippen molar-refractivity contribution in [1.29, 1.82) is 0 Å². The van der Waals surface area contributed by atoms with Gasteiger partial charge in [0, 0.05) is 12.5 Å². The first-order chi connectivity index (χ1) is 20.4. The van der Waals surface area contributed by atoms with Crippen LogP contribution >= 0.6 is 0 Å². The van der Waals surface area contributed by atoms with Crippen LogP contribution in [0.5, 0.6) is 0 Å². The Morgan fingerprint density at radius 1 is 0.818 bits per heavy atom. The monoisotopic (exact) mass is 608 g/mol. The van der Waals surface area contributed by atoms with E-state index >= 15 is 0 Å². The van der Waals surface area contributed by atoms with Gasteiger partial charge in [-0.15, -0.1) is 0 Å². The van der Waals surface area contributed by atoms with Crippen LogP contribution in [0.2, 0.25) is 0 Å². The fraction of sp³-hybridized carbons (Fsp3) is 0.650.